The van der Waals surface area contributed by atoms with Crippen LogP contribution in [0, 0.1) is 6.92 Å². The van der Waals surface area contributed by atoms with Crippen LogP contribution in [0.3, 0.4) is 0 Å². The molecular formula is C16H14N4O. The number of nitrogens with one attached hydrogen (secondary N) is 2. The number of aromatic amines is 1. The summed E-state index contributed by atoms with van der Waals surface area (Å²) in [6.07, 6.45) is 1.71. The van der Waals surface area contributed by atoms with E-state index in [1.807, 2.05) is 30.3 Å². The molecule has 3 aromatic rings. The molecule has 0 atom stereocenters. The monoisotopic (exact) mass is 278 g/mol. The van der Waals surface area contributed by atoms with E-state index in [2.05, 4.69) is 32.6 Å². The maximum atomic E-state index is 11.3. The Morgan fingerprint density at radius 3 is 2.86 bits per heavy atom. The molecule has 0 aliphatic carbocycles. The van der Waals surface area contributed by atoms with Crippen LogP contribution in [-0.4, -0.2) is 16.2 Å². The smallest absolute Gasteiger partial charge is 0.252 e. The Hall–Kier alpha value is -2.95. The summed E-state index contributed by atoms with van der Waals surface area (Å²) in [4.78, 5) is 18.1. The Balaban J connectivity index is 1.86. The van der Waals surface area contributed by atoms with Gasteiger partial charge >= 0.3 is 0 Å². The molecule has 104 valence electrons. The molecule has 21 heavy (non-hydrogen) atoms. The number of aromatic nitrogens is 2. The molecule has 0 aliphatic heterocycles. The van der Waals surface area contributed by atoms with Crippen LogP contribution in [0.1, 0.15) is 11.3 Å². The van der Waals surface area contributed by atoms with E-state index in [4.69, 9.17) is 0 Å². The summed E-state index contributed by atoms with van der Waals surface area (Å²) in [6.45, 7) is 1.76. The Morgan fingerprint density at radius 1 is 1.19 bits per heavy atom. The standard InChI is InChI=1S/C16H14N4O/c1-11-9-15(21)19-16(18-11)20-17-10-13-7-4-6-12-5-2-3-8-14(12)13/h2-10H,1H3,(H2,18,19,20,21). The van der Waals surface area contributed by atoms with Crippen LogP contribution in [0.25, 0.3) is 10.8 Å². The Kier molecular flexibility index (Phi) is 3.47. The lowest BCUT2D eigenvalue weighted by atomic mass is 10.1. The van der Waals surface area contributed by atoms with Gasteiger partial charge in [0.05, 0.1) is 6.21 Å². The van der Waals surface area contributed by atoms with E-state index in [9.17, 15) is 4.79 Å². The average molecular weight is 278 g/mol. The number of fused-ring (bicyclic) bond motifs is 1. The first kappa shape index (κ1) is 13.1. The minimum atomic E-state index is -0.203. The number of rotatable bonds is 3. The van der Waals surface area contributed by atoms with E-state index in [-0.39, 0.29) is 5.56 Å². The molecule has 1 aromatic heterocycles. The highest BCUT2D eigenvalue weighted by Crippen LogP contribution is 2.16. The van der Waals surface area contributed by atoms with Crippen molar-refractivity contribution in [2.24, 2.45) is 5.10 Å². The quantitative estimate of drug-likeness (QED) is 0.571. The van der Waals surface area contributed by atoms with Gasteiger partial charge in [0.1, 0.15) is 0 Å². The van der Waals surface area contributed by atoms with E-state index in [1.54, 1.807) is 13.1 Å². The zero-order valence-electron chi connectivity index (χ0n) is 11.5. The van der Waals surface area contributed by atoms with Crippen molar-refractivity contribution in [3.8, 4) is 0 Å². The minimum Gasteiger partial charge on any atom is -0.291 e. The third kappa shape index (κ3) is 2.97. The van der Waals surface area contributed by atoms with E-state index in [1.165, 1.54) is 6.07 Å². The Morgan fingerprint density at radius 2 is 2.00 bits per heavy atom. The van der Waals surface area contributed by atoms with Gasteiger partial charge in [-0.3, -0.25) is 9.78 Å². The number of H-pyrrole nitrogens is 1. The Labute approximate surface area is 121 Å². The van der Waals surface area contributed by atoms with Crippen molar-refractivity contribution < 1.29 is 0 Å². The normalized spacial score (nSPS) is 11.1. The molecule has 0 amide bonds. The van der Waals surface area contributed by atoms with Crippen LogP contribution in [0.15, 0.2) is 58.4 Å². The molecule has 0 spiro atoms. The van der Waals surface area contributed by atoms with Gasteiger partial charge in [-0.05, 0) is 17.7 Å². The van der Waals surface area contributed by atoms with Gasteiger partial charge in [0.15, 0.2) is 0 Å². The third-order valence-corrected chi connectivity index (χ3v) is 3.07. The van der Waals surface area contributed by atoms with Crippen molar-refractivity contribution in [2.75, 3.05) is 5.43 Å². The van der Waals surface area contributed by atoms with Gasteiger partial charge in [0.2, 0.25) is 5.95 Å². The lowest BCUT2D eigenvalue weighted by Crippen LogP contribution is -2.10. The zero-order valence-corrected chi connectivity index (χ0v) is 11.5. The largest absolute Gasteiger partial charge is 0.291 e. The second-order valence-electron chi connectivity index (χ2n) is 4.67. The fourth-order valence-electron chi connectivity index (χ4n) is 2.16. The van der Waals surface area contributed by atoms with E-state index in [0.717, 1.165) is 16.3 Å². The molecule has 0 radical (unpaired) electrons. The summed E-state index contributed by atoms with van der Waals surface area (Å²) in [7, 11) is 0. The first-order valence-electron chi connectivity index (χ1n) is 6.57. The molecule has 5 heteroatoms. The van der Waals surface area contributed by atoms with Crippen molar-refractivity contribution >= 4 is 22.9 Å². The average Bonchev–Trinajstić information content (AvgIpc) is 2.46. The van der Waals surface area contributed by atoms with Gasteiger partial charge in [-0.1, -0.05) is 42.5 Å². The first-order chi connectivity index (χ1) is 10.2. The summed E-state index contributed by atoms with van der Waals surface area (Å²) < 4.78 is 0. The second-order valence-corrected chi connectivity index (χ2v) is 4.67. The summed E-state index contributed by atoms with van der Waals surface area (Å²) >= 11 is 0. The van der Waals surface area contributed by atoms with E-state index in [0.29, 0.717) is 11.6 Å². The summed E-state index contributed by atoms with van der Waals surface area (Å²) in [5.74, 6) is 0.330. The van der Waals surface area contributed by atoms with Crippen molar-refractivity contribution in [1.29, 1.82) is 0 Å². The molecule has 0 unspecified atom stereocenters. The fourth-order valence-corrected chi connectivity index (χ4v) is 2.16. The van der Waals surface area contributed by atoms with E-state index >= 15 is 0 Å². The number of nitrogens with zero attached hydrogens (tertiary/aromatic N) is 2. The molecule has 0 fully saturated rings. The molecule has 2 aromatic carbocycles. The second kappa shape index (κ2) is 5.58. The van der Waals surface area contributed by atoms with Crippen molar-refractivity contribution in [3.63, 3.8) is 0 Å². The van der Waals surface area contributed by atoms with Crippen molar-refractivity contribution in [2.45, 2.75) is 6.92 Å². The lowest BCUT2D eigenvalue weighted by Gasteiger charge is -2.02. The van der Waals surface area contributed by atoms with Crippen molar-refractivity contribution in [1.82, 2.24) is 9.97 Å². The maximum absolute atomic E-state index is 11.3. The number of aryl methyl sites for hydroxylation is 1. The predicted molar refractivity (Wildman–Crippen MR) is 84.8 cm³/mol. The van der Waals surface area contributed by atoms with Crippen LogP contribution in [0.4, 0.5) is 5.95 Å². The molecule has 0 aliphatic rings. The summed E-state index contributed by atoms with van der Waals surface area (Å²) in [5, 5.41) is 6.41. The minimum absolute atomic E-state index is 0.203. The van der Waals surface area contributed by atoms with Gasteiger partial charge in [-0.2, -0.15) is 5.10 Å². The molecule has 0 saturated carbocycles. The number of anilines is 1. The van der Waals surface area contributed by atoms with Crippen LogP contribution < -0.4 is 11.0 Å². The Bertz CT molecular complexity index is 862. The highest BCUT2D eigenvalue weighted by molar-refractivity contribution is 5.99. The molecule has 0 saturated heterocycles. The fraction of sp³-hybridized carbons (Fsp3) is 0.0625. The highest BCUT2D eigenvalue weighted by atomic mass is 16.1. The predicted octanol–water partition coefficient (Wildman–Crippen LogP) is 2.68. The maximum Gasteiger partial charge on any atom is 0.252 e. The van der Waals surface area contributed by atoms with Crippen molar-refractivity contribution in [3.05, 3.63) is 70.1 Å². The summed E-state index contributed by atoms with van der Waals surface area (Å²) in [5.41, 5.74) is 4.18. The van der Waals surface area contributed by atoms with Gasteiger partial charge in [0, 0.05) is 17.3 Å². The van der Waals surface area contributed by atoms with Crippen LogP contribution in [0.5, 0.6) is 0 Å². The molecule has 1 heterocycles. The SMILES string of the molecule is Cc1cc(=O)[nH]c(NN=Cc2cccc3ccccc23)n1. The zero-order chi connectivity index (χ0) is 14.7. The number of hydrogen-bond acceptors (Lipinski definition) is 4. The van der Waals surface area contributed by atoms with Crippen LogP contribution in [0.2, 0.25) is 0 Å². The summed E-state index contributed by atoms with van der Waals surface area (Å²) in [6, 6.07) is 15.6. The van der Waals surface area contributed by atoms with Gasteiger partial charge in [-0.25, -0.2) is 10.4 Å². The highest BCUT2D eigenvalue weighted by Gasteiger charge is 1.98. The number of hydrazone groups is 1. The molecule has 0 bridgehead atoms. The molecule has 2 N–H and O–H groups in total. The van der Waals surface area contributed by atoms with E-state index < -0.39 is 0 Å². The third-order valence-electron chi connectivity index (χ3n) is 3.07. The molecular weight excluding hydrogens is 264 g/mol. The van der Waals surface area contributed by atoms with Crippen LogP contribution in [-0.2, 0) is 0 Å². The number of hydrogen-bond donors (Lipinski definition) is 2. The molecule has 5 nitrogen and oxygen atoms in total. The topological polar surface area (TPSA) is 70.1 Å². The van der Waals surface area contributed by atoms with Crippen LogP contribution >= 0.6 is 0 Å². The van der Waals surface area contributed by atoms with Gasteiger partial charge in [0.25, 0.3) is 5.56 Å². The first-order valence-corrected chi connectivity index (χ1v) is 6.57. The number of benzene rings is 2. The van der Waals surface area contributed by atoms with Gasteiger partial charge < -0.3 is 0 Å². The van der Waals surface area contributed by atoms with Gasteiger partial charge in [-0.15, -0.1) is 0 Å². The molecule has 3 rings (SSSR count). The lowest BCUT2D eigenvalue weighted by molar-refractivity contribution is 1.04.